The lowest BCUT2D eigenvalue weighted by Crippen LogP contribution is -2.24. The Morgan fingerprint density at radius 3 is 2.67 bits per heavy atom. The van der Waals surface area contributed by atoms with E-state index in [1.54, 1.807) is 21.6 Å². The highest BCUT2D eigenvalue weighted by molar-refractivity contribution is 9.10. The number of aromatic nitrogens is 4. The lowest BCUT2D eigenvalue weighted by atomic mass is 10.3. The van der Waals surface area contributed by atoms with Gasteiger partial charge in [-0.25, -0.2) is 4.68 Å². The molecular weight excluding hydrogens is 374 g/mol. The highest BCUT2D eigenvalue weighted by atomic mass is 79.9. The minimum Gasteiger partial charge on any atom is -0.471 e. The number of amides is 1. The van der Waals surface area contributed by atoms with E-state index in [-0.39, 0.29) is 12.6 Å². The summed E-state index contributed by atoms with van der Waals surface area (Å²) in [7, 11) is 1.83. The van der Waals surface area contributed by atoms with E-state index in [0.29, 0.717) is 12.2 Å². The zero-order chi connectivity index (χ0) is 16.9. The largest absolute Gasteiger partial charge is 0.471 e. The van der Waals surface area contributed by atoms with Crippen molar-refractivity contribution in [1.82, 2.24) is 24.9 Å². The number of aryl methyl sites for hydroxylation is 1. The maximum atomic E-state index is 12.1. The summed E-state index contributed by atoms with van der Waals surface area (Å²) in [5.41, 5.74) is 1.13. The Kier molecular flexibility index (Phi) is 4.95. The molecule has 7 nitrogen and oxygen atoms in total. The molecule has 24 heavy (non-hydrogen) atoms. The molecule has 2 aromatic heterocycles. The van der Waals surface area contributed by atoms with Gasteiger partial charge in [0.25, 0.3) is 5.91 Å². The number of nitrogens with one attached hydrogen (secondary N) is 1. The summed E-state index contributed by atoms with van der Waals surface area (Å²) in [5, 5.41) is 11.2. The van der Waals surface area contributed by atoms with Crippen LogP contribution < -0.4 is 10.1 Å². The predicted octanol–water partition coefficient (Wildman–Crippen LogP) is 2.35. The molecule has 0 aliphatic rings. The van der Waals surface area contributed by atoms with Gasteiger partial charge in [0.05, 0.1) is 12.2 Å². The summed E-state index contributed by atoms with van der Waals surface area (Å²) in [6.07, 6.45) is 3.53. The maximum absolute atomic E-state index is 12.1. The van der Waals surface area contributed by atoms with Crippen LogP contribution in [0.5, 0.6) is 5.75 Å². The van der Waals surface area contributed by atoms with Crippen LogP contribution in [0.15, 0.2) is 53.3 Å². The van der Waals surface area contributed by atoms with Crippen molar-refractivity contribution in [3.63, 3.8) is 0 Å². The molecule has 124 valence electrons. The Labute approximate surface area is 147 Å². The Morgan fingerprint density at radius 2 is 1.96 bits per heavy atom. The average molecular weight is 390 g/mol. The van der Waals surface area contributed by atoms with Crippen molar-refractivity contribution in [3.05, 3.63) is 64.7 Å². The van der Waals surface area contributed by atoms with E-state index in [4.69, 9.17) is 4.74 Å². The van der Waals surface area contributed by atoms with Gasteiger partial charge in [-0.3, -0.25) is 9.48 Å². The molecule has 1 amide bonds. The van der Waals surface area contributed by atoms with Gasteiger partial charge in [0.2, 0.25) is 0 Å². The van der Waals surface area contributed by atoms with Gasteiger partial charge >= 0.3 is 0 Å². The number of benzene rings is 1. The van der Waals surface area contributed by atoms with E-state index >= 15 is 0 Å². The lowest BCUT2D eigenvalue weighted by molar-refractivity contribution is 0.0943. The van der Waals surface area contributed by atoms with Gasteiger partial charge < -0.3 is 10.1 Å². The summed E-state index contributed by atoms with van der Waals surface area (Å²) in [6.45, 7) is 0.594. The van der Waals surface area contributed by atoms with Crippen molar-refractivity contribution >= 4 is 21.8 Å². The van der Waals surface area contributed by atoms with E-state index in [9.17, 15) is 4.79 Å². The first-order valence-corrected chi connectivity index (χ1v) is 8.08. The molecule has 0 spiro atoms. The number of rotatable bonds is 6. The Balaban J connectivity index is 1.52. The molecule has 0 atom stereocenters. The first kappa shape index (κ1) is 16.3. The molecule has 0 saturated heterocycles. The lowest BCUT2D eigenvalue weighted by Gasteiger charge is -2.06. The van der Waals surface area contributed by atoms with Gasteiger partial charge in [-0.2, -0.15) is 10.2 Å². The van der Waals surface area contributed by atoms with Gasteiger partial charge in [0, 0.05) is 23.9 Å². The van der Waals surface area contributed by atoms with Gasteiger partial charge in [-0.15, -0.1) is 0 Å². The third-order valence-corrected chi connectivity index (χ3v) is 3.78. The molecule has 1 aromatic carbocycles. The Bertz CT molecular complexity index is 825. The number of halogens is 1. The number of nitrogens with zero attached hydrogens (tertiary/aromatic N) is 4. The third-order valence-electron chi connectivity index (χ3n) is 3.25. The highest BCUT2D eigenvalue weighted by Crippen LogP contribution is 2.16. The van der Waals surface area contributed by atoms with Crippen molar-refractivity contribution in [2.24, 2.45) is 7.05 Å². The van der Waals surface area contributed by atoms with Crippen molar-refractivity contribution in [3.8, 4) is 5.75 Å². The molecule has 3 rings (SSSR count). The van der Waals surface area contributed by atoms with Crippen LogP contribution in [0, 0.1) is 0 Å². The second-order valence-corrected chi connectivity index (χ2v) is 6.05. The molecule has 2 heterocycles. The van der Waals surface area contributed by atoms with Crippen molar-refractivity contribution < 1.29 is 9.53 Å². The van der Waals surface area contributed by atoms with Gasteiger partial charge in [-0.05, 0) is 36.4 Å². The van der Waals surface area contributed by atoms with E-state index in [1.165, 1.54) is 0 Å². The van der Waals surface area contributed by atoms with Gasteiger partial charge in [0.15, 0.2) is 6.73 Å². The molecule has 0 saturated carbocycles. The predicted molar refractivity (Wildman–Crippen MR) is 91.4 cm³/mol. The minimum absolute atomic E-state index is 0.231. The third kappa shape index (κ3) is 4.23. The van der Waals surface area contributed by atoms with Crippen LogP contribution in [-0.2, 0) is 20.3 Å². The molecule has 0 aliphatic heterocycles. The molecule has 3 aromatic rings. The fourth-order valence-electron chi connectivity index (χ4n) is 2.05. The average Bonchev–Trinajstić information content (AvgIpc) is 3.21. The van der Waals surface area contributed by atoms with Crippen LogP contribution in [0.4, 0.5) is 0 Å². The first-order chi connectivity index (χ1) is 11.6. The topological polar surface area (TPSA) is 74.0 Å². The summed E-state index contributed by atoms with van der Waals surface area (Å²) < 4.78 is 9.85. The van der Waals surface area contributed by atoms with Crippen LogP contribution in [0.2, 0.25) is 0 Å². The van der Waals surface area contributed by atoms with Crippen LogP contribution in [0.1, 0.15) is 16.2 Å². The maximum Gasteiger partial charge on any atom is 0.272 e. The fourth-order valence-corrected chi connectivity index (χ4v) is 2.31. The van der Waals surface area contributed by atoms with E-state index in [2.05, 4.69) is 31.4 Å². The van der Waals surface area contributed by atoms with E-state index < -0.39 is 0 Å². The molecule has 0 bridgehead atoms. The number of hydrogen-bond donors (Lipinski definition) is 1. The van der Waals surface area contributed by atoms with Crippen LogP contribution >= 0.6 is 15.9 Å². The SMILES string of the molecule is Cn1ccc(CNC(=O)c2ccn(COc3ccc(Br)cc3)n2)n1. The van der Waals surface area contributed by atoms with Crippen LogP contribution in [0.3, 0.4) is 0 Å². The number of ether oxygens (including phenoxy) is 1. The summed E-state index contributed by atoms with van der Waals surface area (Å²) in [5.74, 6) is 0.484. The molecular formula is C16H16BrN5O2. The van der Waals surface area contributed by atoms with Gasteiger partial charge in [-0.1, -0.05) is 15.9 Å². The number of carbonyl (C=O) groups excluding carboxylic acids is 1. The fraction of sp³-hybridized carbons (Fsp3) is 0.188. The second kappa shape index (κ2) is 7.31. The first-order valence-electron chi connectivity index (χ1n) is 7.29. The standard InChI is InChI=1S/C16H16BrN5O2/c1-21-8-6-13(19-21)10-18-16(23)15-7-9-22(20-15)11-24-14-4-2-12(17)3-5-14/h2-9H,10-11H2,1H3,(H,18,23). The van der Waals surface area contributed by atoms with E-state index in [0.717, 1.165) is 15.9 Å². The van der Waals surface area contributed by atoms with Crippen molar-refractivity contribution in [2.45, 2.75) is 13.3 Å². The molecule has 0 aliphatic carbocycles. The van der Waals surface area contributed by atoms with Crippen molar-refractivity contribution in [1.29, 1.82) is 0 Å². The zero-order valence-corrected chi connectivity index (χ0v) is 14.6. The Hall–Kier alpha value is -2.61. The summed E-state index contributed by atoms with van der Waals surface area (Å²) in [6, 6.07) is 11.0. The number of hydrogen-bond acceptors (Lipinski definition) is 4. The molecule has 1 N–H and O–H groups in total. The normalized spacial score (nSPS) is 10.6. The molecule has 8 heteroatoms. The zero-order valence-electron chi connectivity index (χ0n) is 13.0. The monoisotopic (exact) mass is 389 g/mol. The minimum atomic E-state index is -0.247. The van der Waals surface area contributed by atoms with Crippen LogP contribution in [-0.4, -0.2) is 25.5 Å². The summed E-state index contributed by atoms with van der Waals surface area (Å²) in [4.78, 5) is 12.1. The van der Waals surface area contributed by atoms with E-state index in [1.807, 2.05) is 43.6 Å². The highest BCUT2D eigenvalue weighted by Gasteiger charge is 2.10. The van der Waals surface area contributed by atoms with Gasteiger partial charge in [0.1, 0.15) is 11.4 Å². The smallest absolute Gasteiger partial charge is 0.272 e. The van der Waals surface area contributed by atoms with Crippen molar-refractivity contribution in [2.75, 3.05) is 0 Å². The van der Waals surface area contributed by atoms with Crippen LogP contribution in [0.25, 0.3) is 0 Å². The molecule has 0 fully saturated rings. The number of carbonyl (C=O) groups is 1. The Morgan fingerprint density at radius 1 is 1.17 bits per heavy atom. The molecule has 0 unspecified atom stereocenters. The molecule has 0 radical (unpaired) electrons. The second-order valence-electron chi connectivity index (χ2n) is 5.13. The quantitative estimate of drug-likeness (QED) is 0.701. The summed E-state index contributed by atoms with van der Waals surface area (Å²) >= 11 is 3.37.